The number of thioether (sulfide) groups is 1. The first kappa shape index (κ1) is 7.67. The highest BCUT2D eigenvalue weighted by Crippen LogP contribution is 2.22. The van der Waals surface area contributed by atoms with Crippen molar-refractivity contribution in [1.29, 1.82) is 0 Å². The van der Waals surface area contributed by atoms with Crippen LogP contribution in [0.15, 0.2) is 16.0 Å². The van der Waals surface area contributed by atoms with Crippen LogP contribution in [0.4, 0.5) is 0 Å². The number of hydrogen-bond donors (Lipinski definition) is 0. The van der Waals surface area contributed by atoms with Crippen LogP contribution in [-0.2, 0) is 6.54 Å². The van der Waals surface area contributed by atoms with Gasteiger partial charge in [0.05, 0.1) is 13.2 Å². The van der Waals surface area contributed by atoms with Crippen molar-refractivity contribution in [1.82, 2.24) is 9.55 Å². The molecule has 0 fully saturated rings. The van der Waals surface area contributed by atoms with Crippen LogP contribution in [-0.4, -0.2) is 22.4 Å². The Morgan fingerprint density at radius 1 is 1.75 bits per heavy atom. The highest BCUT2D eigenvalue weighted by atomic mass is 32.2. The third kappa shape index (κ3) is 1.10. The molecule has 0 radical (unpaired) electrons. The zero-order valence-corrected chi connectivity index (χ0v) is 7.43. The lowest BCUT2D eigenvalue weighted by Crippen LogP contribution is -2.19. The average molecular weight is 184 g/mol. The fourth-order valence-corrected chi connectivity index (χ4v) is 2.06. The molecule has 64 valence electrons. The summed E-state index contributed by atoms with van der Waals surface area (Å²) >= 11 is 1.58. The molecule has 0 aliphatic carbocycles. The van der Waals surface area contributed by atoms with Crippen LogP contribution in [0.2, 0.25) is 0 Å². The van der Waals surface area contributed by atoms with Crippen molar-refractivity contribution in [2.24, 2.45) is 0 Å². The van der Waals surface area contributed by atoms with Crippen molar-refractivity contribution in [3.05, 3.63) is 16.4 Å². The van der Waals surface area contributed by atoms with Gasteiger partial charge < -0.3 is 4.74 Å². The zero-order chi connectivity index (χ0) is 8.55. The summed E-state index contributed by atoms with van der Waals surface area (Å²) in [6, 6.07) is 1.41. The second-order valence-corrected chi connectivity index (χ2v) is 3.48. The van der Waals surface area contributed by atoms with Crippen LogP contribution in [0.1, 0.15) is 0 Å². The first-order valence-electron chi connectivity index (χ1n) is 3.60. The Kier molecular flexibility index (Phi) is 1.80. The van der Waals surface area contributed by atoms with E-state index >= 15 is 0 Å². The summed E-state index contributed by atoms with van der Waals surface area (Å²) in [7, 11) is 1.51. The van der Waals surface area contributed by atoms with Gasteiger partial charge in [0.15, 0.2) is 5.16 Å². The number of aromatic nitrogens is 2. The first-order valence-corrected chi connectivity index (χ1v) is 4.58. The fraction of sp³-hybridized carbons (Fsp3) is 0.429. The molecule has 0 unspecified atom stereocenters. The molecule has 2 heterocycles. The first-order chi connectivity index (χ1) is 5.81. The lowest BCUT2D eigenvalue weighted by molar-refractivity contribution is 0.387. The van der Waals surface area contributed by atoms with Gasteiger partial charge in [-0.3, -0.25) is 9.36 Å². The van der Waals surface area contributed by atoms with E-state index in [1.165, 1.54) is 13.2 Å². The summed E-state index contributed by atoms with van der Waals surface area (Å²) in [6.07, 6.45) is 0. The summed E-state index contributed by atoms with van der Waals surface area (Å²) in [4.78, 5) is 15.5. The Balaban J connectivity index is 2.59. The van der Waals surface area contributed by atoms with Gasteiger partial charge >= 0.3 is 0 Å². The van der Waals surface area contributed by atoms with Crippen LogP contribution in [0.3, 0.4) is 0 Å². The number of rotatable bonds is 1. The van der Waals surface area contributed by atoms with E-state index in [0.29, 0.717) is 5.88 Å². The van der Waals surface area contributed by atoms with E-state index in [1.807, 2.05) is 0 Å². The van der Waals surface area contributed by atoms with Crippen LogP contribution in [0.5, 0.6) is 5.88 Å². The zero-order valence-electron chi connectivity index (χ0n) is 6.61. The van der Waals surface area contributed by atoms with Crippen molar-refractivity contribution in [3.63, 3.8) is 0 Å². The summed E-state index contributed by atoms with van der Waals surface area (Å²) in [5.41, 5.74) is -0.0261. The van der Waals surface area contributed by atoms with Crippen LogP contribution in [0, 0.1) is 0 Å². The molecule has 5 heteroatoms. The van der Waals surface area contributed by atoms with E-state index in [0.717, 1.165) is 17.5 Å². The van der Waals surface area contributed by atoms with E-state index in [9.17, 15) is 4.79 Å². The van der Waals surface area contributed by atoms with E-state index in [2.05, 4.69) is 4.98 Å². The molecule has 12 heavy (non-hydrogen) atoms. The van der Waals surface area contributed by atoms with Crippen LogP contribution >= 0.6 is 11.8 Å². The van der Waals surface area contributed by atoms with E-state index in [-0.39, 0.29) is 5.56 Å². The highest BCUT2D eigenvalue weighted by Gasteiger charge is 2.14. The molecule has 1 aromatic heterocycles. The Bertz CT molecular complexity index is 361. The van der Waals surface area contributed by atoms with Gasteiger partial charge in [0.1, 0.15) is 0 Å². The number of ether oxygens (including phenoxy) is 1. The molecule has 0 bridgehead atoms. The largest absolute Gasteiger partial charge is 0.481 e. The maximum Gasteiger partial charge on any atom is 0.258 e. The van der Waals surface area contributed by atoms with Gasteiger partial charge in [0.25, 0.3) is 5.56 Å². The van der Waals surface area contributed by atoms with Crippen LogP contribution in [0.25, 0.3) is 0 Å². The number of methoxy groups -OCH3 is 1. The second-order valence-electron chi connectivity index (χ2n) is 2.42. The minimum Gasteiger partial charge on any atom is -0.481 e. The van der Waals surface area contributed by atoms with Crippen molar-refractivity contribution in [2.75, 3.05) is 12.9 Å². The molecule has 1 aliphatic rings. The van der Waals surface area contributed by atoms with Crippen molar-refractivity contribution >= 4 is 11.8 Å². The Labute approximate surface area is 73.6 Å². The smallest absolute Gasteiger partial charge is 0.258 e. The molecule has 0 saturated carbocycles. The normalized spacial score (nSPS) is 14.4. The number of fused-ring (bicyclic) bond motifs is 1. The molecule has 4 nitrogen and oxygen atoms in total. The number of hydrogen-bond acceptors (Lipinski definition) is 4. The van der Waals surface area contributed by atoms with Crippen molar-refractivity contribution in [2.45, 2.75) is 11.7 Å². The fourth-order valence-electron chi connectivity index (χ4n) is 1.11. The standard InChI is InChI=1S/C7H8N2O2S/c1-11-5-4-6(10)9-2-3-12-7(9)8-5/h4H,2-3H2,1H3. The Morgan fingerprint density at radius 3 is 3.33 bits per heavy atom. The number of nitrogens with zero attached hydrogens (tertiary/aromatic N) is 2. The predicted molar refractivity (Wildman–Crippen MR) is 45.8 cm³/mol. The van der Waals surface area contributed by atoms with Gasteiger partial charge in [-0.2, -0.15) is 4.98 Å². The molecular weight excluding hydrogens is 176 g/mol. The van der Waals surface area contributed by atoms with E-state index in [1.54, 1.807) is 16.3 Å². The summed E-state index contributed by atoms with van der Waals surface area (Å²) in [5, 5.41) is 0.763. The second kappa shape index (κ2) is 2.82. The third-order valence-corrected chi connectivity index (χ3v) is 2.66. The minimum absolute atomic E-state index is 0.0261. The lowest BCUT2D eigenvalue weighted by atomic mass is 10.6. The molecule has 0 aromatic carbocycles. The molecule has 0 atom stereocenters. The van der Waals surface area contributed by atoms with E-state index < -0.39 is 0 Å². The van der Waals surface area contributed by atoms with Gasteiger partial charge in [0, 0.05) is 12.3 Å². The molecule has 0 N–H and O–H groups in total. The van der Waals surface area contributed by atoms with Crippen LogP contribution < -0.4 is 10.3 Å². The predicted octanol–water partition coefficient (Wildman–Crippen LogP) is 0.358. The van der Waals surface area contributed by atoms with Gasteiger partial charge in [0.2, 0.25) is 5.88 Å². The third-order valence-electron chi connectivity index (χ3n) is 1.70. The van der Waals surface area contributed by atoms with Crippen molar-refractivity contribution in [3.8, 4) is 5.88 Å². The Morgan fingerprint density at radius 2 is 2.58 bits per heavy atom. The SMILES string of the molecule is COc1cc(=O)n2c(n1)SCC2. The van der Waals surface area contributed by atoms with Gasteiger partial charge in [-0.25, -0.2) is 0 Å². The summed E-state index contributed by atoms with van der Waals surface area (Å²) in [5.74, 6) is 1.33. The molecule has 0 saturated heterocycles. The summed E-state index contributed by atoms with van der Waals surface area (Å²) in [6.45, 7) is 0.760. The Hall–Kier alpha value is -0.970. The summed E-state index contributed by atoms with van der Waals surface area (Å²) < 4.78 is 6.54. The topological polar surface area (TPSA) is 44.1 Å². The maximum absolute atomic E-state index is 11.3. The maximum atomic E-state index is 11.3. The molecule has 1 aliphatic heterocycles. The van der Waals surface area contributed by atoms with Gasteiger partial charge in [-0.1, -0.05) is 11.8 Å². The van der Waals surface area contributed by atoms with E-state index in [4.69, 9.17) is 4.74 Å². The highest BCUT2D eigenvalue weighted by molar-refractivity contribution is 7.99. The quantitative estimate of drug-likeness (QED) is 0.591. The molecule has 1 aromatic rings. The minimum atomic E-state index is -0.0261. The monoisotopic (exact) mass is 184 g/mol. The molecular formula is C7H8N2O2S. The molecule has 0 amide bonds. The van der Waals surface area contributed by atoms with Crippen molar-refractivity contribution < 1.29 is 4.74 Å². The van der Waals surface area contributed by atoms with Gasteiger partial charge in [-0.05, 0) is 0 Å². The lowest BCUT2D eigenvalue weighted by Gasteiger charge is -2.02. The van der Waals surface area contributed by atoms with Gasteiger partial charge in [-0.15, -0.1) is 0 Å². The average Bonchev–Trinajstić information content (AvgIpc) is 2.52. The molecule has 2 rings (SSSR count). The molecule has 0 spiro atoms.